The molecule has 1 aromatic heterocycles. The quantitative estimate of drug-likeness (QED) is 0.874. The summed E-state index contributed by atoms with van der Waals surface area (Å²) in [6, 6.07) is 6.36. The SMILES string of the molecule is Cc1cnn(COc2cccc(C(=O)O)c2)c1. The molecule has 0 saturated carbocycles. The van der Waals surface area contributed by atoms with Crippen molar-refractivity contribution in [3.8, 4) is 5.75 Å². The molecule has 88 valence electrons. The van der Waals surface area contributed by atoms with Gasteiger partial charge in [-0.2, -0.15) is 5.10 Å². The monoisotopic (exact) mass is 232 g/mol. The topological polar surface area (TPSA) is 64.4 Å². The minimum Gasteiger partial charge on any atom is -0.478 e. The van der Waals surface area contributed by atoms with Crippen molar-refractivity contribution in [3.63, 3.8) is 0 Å². The van der Waals surface area contributed by atoms with Crippen LogP contribution >= 0.6 is 0 Å². The number of hydrogen-bond acceptors (Lipinski definition) is 3. The zero-order valence-electron chi connectivity index (χ0n) is 9.33. The van der Waals surface area contributed by atoms with Crippen LogP contribution in [0.1, 0.15) is 15.9 Å². The van der Waals surface area contributed by atoms with E-state index in [9.17, 15) is 4.79 Å². The molecule has 0 aliphatic rings. The summed E-state index contributed by atoms with van der Waals surface area (Å²) in [5.41, 5.74) is 1.26. The molecule has 0 bridgehead atoms. The smallest absolute Gasteiger partial charge is 0.335 e. The van der Waals surface area contributed by atoms with Crippen LogP contribution in [0.5, 0.6) is 5.75 Å². The predicted octanol–water partition coefficient (Wildman–Crippen LogP) is 1.93. The number of hydrogen-bond donors (Lipinski definition) is 1. The highest BCUT2D eigenvalue weighted by atomic mass is 16.5. The Bertz CT molecular complexity index is 534. The Kier molecular flexibility index (Phi) is 3.09. The van der Waals surface area contributed by atoms with Crippen LogP contribution in [-0.2, 0) is 6.73 Å². The number of carbonyl (C=O) groups is 1. The zero-order chi connectivity index (χ0) is 12.3. The molecule has 0 radical (unpaired) electrons. The molecule has 2 rings (SSSR count). The lowest BCUT2D eigenvalue weighted by atomic mass is 10.2. The van der Waals surface area contributed by atoms with E-state index in [1.807, 2.05) is 13.1 Å². The molecule has 0 aliphatic carbocycles. The van der Waals surface area contributed by atoms with Crippen LogP contribution in [0.15, 0.2) is 36.7 Å². The lowest BCUT2D eigenvalue weighted by molar-refractivity contribution is 0.0696. The van der Waals surface area contributed by atoms with Crippen LogP contribution < -0.4 is 4.74 Å². The molecule has 0 saturated heterocycles. The number of aryl methyl sites for hydroxylation is 1. The lowest BCUT2D eigenvalue weighted by Gasteiger charge is -2.06. The van der Waals surface area contributed by atoms with Crippen molar-refractivity contribution in [2.75, 3.05) is 0 Å². The number of rotatable bonds is 4. The first-order valence-corrected chi connectivity index (χ1v) is 5.10. The lowest BCUT2D eigenvalue weighted by Crippen LogP contribution is -2.06. The number of benzene rings is 1. The highest BCUT2D eigenvalue weighted by molar-refractivity contribution is 5.87. The highest BCUT2D eigenvalue weighted by Crippen LogP contribution is 2.13. The fraction of sp³-hybridized carbons (Fsp3) is 0.167. The zero-order valence-corrected chi connectivity index (χ0v) is 9.33. The summed E-state index contributed by atoms with van der Waals surface area (Å²) >= 11 is 0. The normalized spacial score (nSPS) is 10.2. The van der Waals surface area contributed by atoms with Gasteiger partial charge in [0.25, 0.3) is 0 Å². The second kappa shape index (κ2) is 4.69. The van der Waals surface area contributed by atoms with Crippen molar-refractivity contribution in [2.24, 2.45) is 0 Å². The number of carboxylic acid groups (broad SMARTS) is 1. The molecule has 1 N–H and O–H groups in total. The van der Waals surface area contributed by atoms with Gasteiger partial charge in [0.05, 0.1) is 11.8 Å². The minimum absolute atomic E-state index is 0.208. The summed E-state index contributed by atoms with van der Waals surface area (Å²) in [4.78, 5) is 10.8. The van der Waals surface area contributed by atoms with Crippen LogP contribution in [0.4, 0.5) is 0 Å². The summed E-state index contributed by atoms with van der Waals surface area (Å²) in [5, 5.41) is 12.9. The maximum atomic E-state index is 10.8. The maximum Gasteiger partial charge on any atom is 0.335 e. The van der Waals surface area contributed by atoms with Crippen molar-refractivity contribution in [3.05, 3.63) is 47.8 Å². The highest BCUT2D eigenvalue weighted by Gasteiger charge is 2.03. The summed E-state index contributed by atoms with van der Waals surface area (Å²) in [5.74, 6) is -0.455. The molecule has 0 atom stereocenters. The van der Waals surface area contributed by atoms with Gasteiger partial charge >= 0.3 is 5.97 Å². The number of carboxylic acids is 1. The maximum absolute atomic E-state index is 10.8. The number of aromatic carboxylic acids is 1. The van der Waals surface area contributed by atoms with Crippen molar-refractivity contribution >= 4 is 5.97 Å². The van der Waals surface area contributed by atoms with Crippen LogP contribution in [0, 0.1) is 6.92 Å². The second-order valence-electron chi connectivity index (χ2n) is 3.66. The Labute approximate surface area is 98.3 Å². The van der Waals surface area contributed by atoms with Gasteiger partial charge in [0.1, 0.15) is 5.75 Å². The van der Waals surface area contributed by atoms with Gasteiger partial charge in [0, 0.05) is 6.20 Å². The van der Waals surface area contributed by atoms with Crippen LogP contribution in [0.3, 0.4) is 0 Å². The summed E-state index contributed by atoms with van der Waals surface area (Å²) < 4.78 is 7.07. The van der Waals surface area contributed by atoms with E-state index >= 15 is 0 Å². The first-order chi connectivity index (χ1) is 8.15. The van der Waals surface area contributed by atoms with Crippen LogP contribution in [0.25, 0.3) is 0 Å². The molecule has 0 unspecified atom stereocenters. The summed E-state index contributed by atoms with van der Waals surface area (Å²) in [6.45, 7) is 2.20. The van der Waals surface area contributed by atoms with E-state index in [-0.39, 0.29) is 12.3 Å². The van der Waals surface area contributed by atoms with Crippen molar-refractivity contribution in [1.29, 1.82) is 0 Å². The van der Waals surface area contributed by atoms with Crippen molar-refractivity contribution in [2.45, 2.75) is 13.7 Å². The fourth-order valence-electron chi connectivity index (χ4n) is 1.40. The first kappa shape index (κ1) is 11.2. The van der Waals surface area contributed by atoms with Crippen molar-refractivity contribution in [1.82, 2.24) is 9.78 Å². The third kappa shape index (κ3) is 2.84. The number of ether oxygens (including phenoxy) is 1. The average Bonchev–Trinajstić information content (AvgIpc) is 2.73. The molecule has 0 fully saturated rings. The van der Waals surface area contributed by atoms with Gasteiger partial charge in [-0.15, -0.1) is 0 Å². The van der Waals surface area contributed by atoms with E-state index in [2.05, 4.69) is 5.10 Å². The number of aromatic nitrogens is 2. The molecule has 1 heterocycles. The predicted molar refractivity (Wildman–Crippen MR) is 61.0 cm³/mol. The van der Waals surface area contributed by atoms with E-state index in [1.54, 1.807) is 23.0 Å². The molecule has 0 amide bonds. The third-order valence-electron chi connectivity index (χ3n) is 2.21. The van der Waals surface area contributed by atoms with Crippen LogP contribution in [-0.4, -0.2) is 20.9 Å². The van der Waals surface area contributed by atoms with Gasteiger partial charge < -0.3 is 9.84 Å². The molecule has 2 aromatic rings. The van der Waals surface area contributed by atoms with E-state index in [0.29, 0.717) is 5.75 Å². The molecule has 0 aliphatic heterocycles. The molecule has 5 nitrogen and oxygen atoms in total. The molecular weight excluding hydrogens is 220 g/mol. The first-order valence-electron chi connectivity index (χ1n) is 5.10. The minimum atomic E-state index is -0.967. The van der Waals surface area contributed by atoms with Crippen molar-refractivity contribution < 1.29 is 14.6 Å². The van der Waals surface area contributed by atoms with Gasteiger partial charge in [-0.25, -0.2) is 9.48 Å². The molecule has 5 heteroatoms. The summed E-state index contributed by atoms with van der Waals surface area (Å²) in [6.07, 6.45) is 3.58. The molecular formula is C12H12N2O3. The number of nitrogens with zero attached hydrogens (tertiary/aromatic N) is 2. The molecule has 0 spiro atoms. The van der Waals surface area contributed by atoms with Gasteiger partial charge in [-0.05, 0) is 30.7 Å². The van der Waals surface area contributed by atoms with E-state index < -0.39 is 5.97 Å². The molecule has 1 aromatic carbocycles. The Hall–Kier alpha value is -2.30. The average molecular weight is 232 g/mol. The van der Waals surface area contributed by atoms with Gasteiger partial charge in [-0.3, -0.25) is 0 Å². The van der Waals surface area contributed by atoms with Gasteiger partial charge in [-0.1, -0.05) is 6.07 Å². The van der Waals surface area contributed by atoms with Gasteiger partial charge in [0.2, 0.25) is 0 Å². The third-order valence-corrected chi connectivity index (χ3v) is 2.21. The second-order valence-corrected chi connectivity index (χ2v) is 3.66. The summed E-state index contributed by atoms with van der Waals surface area (Å²) in [7, 11) is 0. The Morgan fingerprint density at radius 3 is 3.00 bits per heavy atom. The Morgan fingerprint density at radius 1 is 1.53 bits per heavy atom. The van der Waals surface area contributed by atoms with Crippen LogP contribution in [0.2, 0.25) is 0 Å². The van der Waals surface area contributed by atoms with E-state index in [1.165, 1.54) is 12.1 Å². The Morgan fingerprint density at radius 2 is 2.35 bits per heavy atom. The van der Waals surface area contributed by atoms with E-state index in [0.717, 1.165) is 5.56 Å². The largest absolute Gasteiger partial charge is 0.478 e. The van der Waals surface area contributed by atoms with E-state index in [4.69, 9.17) is 9.84 Å². The Balaban J connectivity index is 2.04. The standard InChI is InChI=1S/C12H12N2O3/c1-9-6-13-14(7-9)8-17-11-4-2-3-10(5-11)12(15)16/h2-7H,8H2,1H3,(H,15,16). The fourth-order valence-corrected chi connectivity index (χ4v) is 1.40. The molecule has 17 heavy (non-hydrogen) atoms. The van der Waals surface area contributed by atoms with Gasteiger partial charge in [0.15, 0.2) is 6.73 Å².